The minimum Gasteiger partial charge on any atom is -0.329 e. The molecule has 5 heteroatoms. The molecule has 1 fully saturated rings. The fourth-order valence-electron chi connectivity index (χ4n) is 5.34. The van der Waals surface area contributed by atoms with Crippen LogP contribution in [-0.2, 0) is 23.4 Å². The Hall–Kier alpha value is -2.21. The van der Waals surface area contributed by atoms with Crippen molar-refractivity contribution in [2.45, 2.75) is 66.2 Å². The first-order valence-corrected chi connectivity index (χ1v) is 13.5. The summed E-state index contributed by atoms with van der Waals surface area (Å²) in [6, 6.07) is 18.4. The summed E-state index contributed by atoms with van der Waals surface area (Å²) in [7, 11) is 0. The van der Waals surface area contributed by atoms with Crippen LogP contribution in [0.1, 0.15) is 63.8 Å². The van der Waals surface area contributed by atoms with Gasteiger partial charge in [0.15, 0.2) is 0 Å². The highest BCUT2D eigenvalue weighted by molar-refractivity contribution is 5.56. The minimum absolute atomic E-state index is 0.423. The standard InChI is InChI=1S/C30H46N4O/c1-7-31(8-2)21-26-11-15-28(16-12-26)30(23-33(25(5)6)19-20-34(30)24-35)29-17-13-27(14-18-29)22-32(9-3)10-4/h11-18,24-25H,7-10,19-23H2,1-6H3. The molecule has 0 aliphatic carbocycles. The lowest BCUT2D eigenvalue weighted by Gasteiger charge is -2.51. The summed E-state index contributed by atoms with van der Waals surface area (Å²) in [6.45, 7) is 21.9. The molecule has 0 N–H and O–H groups in total. The fourth-order valence-corrected chi connectivity index (χ4v) is 5.34. The molecular formula is C30H46N4O. The van der Waals surface area contributed by atoms with Gasteiger partial charge in [-0.05, 0) is 62.3 Å². The second-order valence-electron chi connectivity index (χ2n) is 10.0. The largest absolute Gasteiger partial charge is 0.329 e. The summed E-state index contributed by atoms with van der Waals surface area (Å²) >= 11 is 0. The van der Waals surface area contributed by atoms with Gasteiger partial charge < -0.3 is 4.90 Å². The molecule has 35 heavy (non-hydrogen) atoms. The predicted molar refractivity (Wildman–Crippen MR) is 146 cm³/mol. The van der Waals surface area contributed by atoms with Crippen LogP contribution in [0.2, 0.25) is 0 Å². The number of hydrogen-bond acceptors (Lipinski definition) is 4. The van der Waals surface area contributed by atoms with Gasteiger partial charge in [0.05, 0.1) is 0 Å². The normalized spacial score (nSPS) is 16.4. The van der Waals surface area contributed by atoms with Gasteiger partial charge in [0.2, 0.25) is 6.41 Å². The summed E-state index contributed by atoms with van der Waals surface area (Å²) in [5, 5.41) is 0. The van der Waals surface area contributed by atoms with E-state index in [2.05, 4.69) is 105 Å². The quantitative estimate of drug-likeness (QED) is 0.410. The molecule has 0 radical (unpaired) electrons. The Labute approximate surface area is 213 Å². The molecule has 0 spiro atoms. The molecule has 0 unspecified atom stereocenters. The van der Waals surface area contributed by atoms with Gasteiger partial charge in [-0.15, -0.1) is 0 Å². The van der Waals surface area contributed by atoms with Gasteiger partial charge in [0, 0.05) is 38.8 Å². The summed E-state index contributed by atoms with van der Waals surface area (Å²) in [5.41, 5.74) is 4.52. The van der Waals surface area contributed by atoms with Crippen LogP contribution in [0.4, 0.5) is 0 Å². The zero-order valence-corrected chi connectivity index (χ0v) is 22.8. The van der Waals surface area contributed by atoms with E-state index < -0.39 is 5.54 Å². The third-order valence-electron chi connectivity index (χ3n) is 7.87. The SMILES string of the molecule is CCN(CC)Cc1ccc(C2(c3ccc(CN(CC)CC)cc3)CN(C(C)C)CCN2C=O)cc1. The molecule has 1 aliphatic rings. The van der Waals surface area contributed by atoms with Crippen molar-refractivity contribution in [2.75, 3.05) is 45.8 Å². The van der Waals surface area contributed by atoms with Crippen molar-refractivity contribution in [3.8, 4) is 0 Å². The molecule has 0 aromatic heterocycles. The summed E-state index contributed by atoms with van der Waals surface area (Å²) < 4.78 is 0. The zero-order valence-electron chi connectivity index (χ0n) is 22.8. The van der Waals surface area contributed by atoms with Crippen LogP contribution < -0.4 is 0 Å². The number of hydrogen-bond donors (Lipinski definition) is 0. The molecular weight excluding hydrogens is 432 g/mol. The highest BCUT2D eigenvalue weighted by Gasteiger charge is 2.44. The Morgan fingerprint density at radius 3 is 1.54 bits per heavy atom. The maximum Gasteiger partial charge on any atom is 0.210 e. The molecule has 1 amide bonds. The van der Waals surface area contributed by atoms with Crippen LogP contribution in [0, 0.1) is 0 Å². The average Bonchev–Trinajstić information content (AvgIpc) is 2.90. The van der Waals surface area contributed by atoms with Gasteiger partial charge >= 0.3 is 0 Å². The third-order valence-corrected chi connectivity index (χ3v) is 7.87. The van der Waals surface area contributed by atoms with Crippen molar-refractivity contribution in [1.82, 2.24) is 19.6 Å². The van der Waals surface area contributed by atoms with E-state index in [4.69, 9.17) is 0 Å². The molecule has 0 saturated carbocycles. The Morgan fingerprint density at radius 1 is 0.771 bits per heavy atom. The van der Waals surface area contributed by atoms with E-state index in [0.29, 0.717) is 6.04 Å². The van der Waals surface area contributed by atoms with Crippen LogP contribution in [-0.4, -0.2) is 77.9 Å². The zero-order chi connectivity index (χ0) is 25.4. The lowest BCUT2D eigenvalue weighted by Crippen LogP contribution is -2.61. The van der Waals surface area contributed by atoms with E-state index in [0.717, 1.165) is 65.3 Å². The molecule has 0 bridgehead atoms. The summed E-state index contributed by atoms with van der Waals surface area (Å²) in [6.07, 6.45) is 1.06. The van der Waals surface area contributed by atoms with E-state index in [1.165, 1.54) is 22.3 Å². The number of piperazine rings is 1. The van der Waals surface area contributed by atoms with Crippen molar-refractivity contribution in [3.63, 3.8) is 0 Å². The van der Waals surface area contributed by atoms with E-state index in [1.807, 2.05) is 4.90 Å². The van der Waals surface area contributed by atoms with Gasteiger partial charge in [-0.2, -0.15) is 0 Å². The lowest BCUT2D eigenvalue weighted by molar-refractivity contribution is -0.127. The van der Waals surface area contributed by atoms with Crippen molar-refractivity contribution in [3.05, 3.63) is 70.8 Å². The first-order valence-electron chi connectivity index (χ1n) is 13.5. The minimum atomic E-state index is -0.494. The topological polar surface area (TPSA) is 30.0 Å². The Balaban J connectivity index is 2.03. The summed E-state index contributed by atoms with van der Waals surface area (Å²) in [5.74, 6) is 0. The summed E-state index contributed by atoms with van der Waals surface area (Å²) in [4.78, 5) is 21.9. The van der Waals surface area contributed by atoms with Gasteiger partial charge in [-0.1, -0.05) is 76.2 Å². The number of nitrogens with zero attached hydrogens (tertiary/aromatic N) is 4. The van der Waals surface area contributed by atoms with Crippen LogP contribution in [0.25, 0.3) is 0 Å². The van der Waals surface area contributed by atoms with Crippen LogP contribution >= 0.6 is 0 Å². The van der Waals surface area contributed by atoms with E-state index in [1.54, 1.807) is 0 Å². The number of carbonyl (C=O) groups is 1. The predicted octanol–water partition coefficient (Wildman–Crippen LogP) is 4.80. The van der Waals surface area contributed by atoms with E-state index in [9.17, 15) is 4.79 Å². The molecule has 1 heterocycles. The number of benzene rings is 2. The second-order valence-corrected chi connectivity index (χ2v) is 10.0. The lowest BCUT2D eigenvalue weighted by atomic mass is 9.78. The Kier molecular flexibility index (Phi) is 9.90. The van der Waals surface area contributed by atoms with Gasteiger partial charge in [0.1, 0.15) is 5.54 Å². The Morgan fingerprint density at radius 2 is 1.20 bits per heavy atom. The number of amides is 1. The smallest absolute Gasteiger partial charge is 0.210 e. The maximum absolute atomic E-state index is 12.5. The number of rotatable bonds is 12. The maximum atomic E-state index is 12.5. The monoisotopic (exact) mass is 478 g/mol. The third kappa shape index (κ3) is 6.14. The molecule has 1 aliphatic heterocycles. The van der Waals surface area contributed by atoms with E-state index >= 15 is 0 Å². The molecule has 5 nitrogen and oxygen atoms in total. The van der Waals surface area contributed by atoms with Crippen LogP contribution in [0.3, 0.4) is 0 Å². The highest BCUT2D eigenvalue weighted by Crippen LogP contribution is 2.39. The molecule has 192 valence electrons. The number of carbonyl (C=O) groups excluding carboxylic acids is 1. The molecule has 2 aromatic carbocycles. The van der Waals surface area contributed by atoms with Crippen molar-refractivity contribution < 1.29 is 4.79 Å². The van der Waals surface area contributed by atoms with E-state index in [-0.39, 0.29) is 0 Å². The van der Waals surface area contributed by atoms with Gasteiger partial charge in [-0.3, -0.25) is 19.5 Å². The molecule has 2 aromatic rings. The van der Waals surface area contributed by atoms with Crippen LogP contribution in [0.15, 0.2) is 48.5 Å². The molecule has 1 saturated heterocycles. The molecule has 0 atom stereocenters. The average molecular weight is 479 g/mol. The fraction of sp³-hybridized carbons (Fsp3) is 0.567. The van der Waals surface area contributed by atoms with Gasteiger partial charge in [-0.25, -0.2) is 0 Å². The first kappa shape index (κ1) is 27.4. The Bertz CT molecular complexity index is 843. The van der Waals surface area contributed by atoms with Crippen molar-refractivity contribution in [2.24, 2.45) is 0 Å². The van der Waals surface area contributed by atoms with Crippen LogP contribution in [0.5, 0.6) is 0 Å². The van der Waals surface area contributed by atoms with Crippen molar-refractivity contribution in [1.29, 1.82) is 0 Å². The second kappa shape index (κ2) is 12.7. The molecule has 3 rings (SSSR count). The van der Waals surface area contributed by atoms with Gasteiger partial charge in [0.25, 0.3) is 0 Å². The van der Waals surface area contributed by atoms with Crippen molar-refractivity contribution >= 4 is 6.41 Å². The highest BCUT2D eigenvalue weighted by atomic mass is 16.1. The first-order chi connectivity index (χ1) is 16.9.